The van der Waals surface area contributed by atoms with Crippen LogP contribution in [-0.2, 0) is 9.59 Å². The predicted octanol–water partition coefficient (Wildman–Crippen LogP) is 0.662. The van der Waals surface area contributed by atoms with E-state index in [1.807, 2.05) is 30.3 Å². The molecule has 0 aromatic heterocycles. The van der Waals surface area contributed by atoms with Gasteiger partial charge in [0.05, 0.1) is 12.3 Å². The van der Waals surface area contributed by atoms with E-state index in [4.69, 9.17) is 10.8 Å². The van der Waals surface area contributed by atoms with Crippen LogP contribution in [0.4, 0.5) is 0 Å². The van der Waals surface area contributed by atoms with E-state index in [-0.39, 0.29) is 25.4 Å². The van der Waals surface area contributed by atoms with Gasteiger partial charge in [0.2, 0.25) is 5.91 Å². The maximum Gasteiger partial charge on any atom is 0.305 e. The molecular formula is C13H18N2O3. The number of carboxylic acid groups (broad SMARTS) is 1. The molecule has 0 spiro atoms. The molecule has 0 saturated carbocycles. The van der Waals surface area contributed by atoms with E-state index in [0.29, 0.717) is 0 Å². The van der Waals surface area contributed by atoms with Crippen LogP contribution in [0.25, 0.3) is 0 Å². The third kappa shape index (κ3) is 3.85. The quantitative estimate of drug-likeness (QED) is 0.777. The van der Waals surface area contributed by atoms with Gasteiger partial charge in [-0.15, -0.1) is 0 Å². The van der Waals surface area contributed by atoms with Gasteiger partial charge in [0.25, 0.3) is 0 Å². The number of aliphatic carboxylic acids is 1. The summed E-state index contributed by atoms with van der Waals surface area (Å²) in [5, 5.41) is 8.59. The third-order valence-corrected chi connectivity index (χ3v) is 2.77. The second-order valence-corrected chi connectivity index (χ2v) is 4.10. The molecule has 0 aliphatic heterocycles. The van der Waals surface area contributed by atoms with Gasteiger partial charge in [-0.25, -0.2) is 0 Å². The van der Waals surface area contributed by atoms with Crippen LogP contribution < -0.4 is 5.73 Å². The molecule has 3 N–H and O–H groups in total. The van der Waals surface area contributed by atoms with Gasteiger partial charge >= 0.3 is 5.97 Å². The normalized spacial score (nSPS) is 11.9. The zero-order valence-electron chi connectivity index (χ0n) is 10.4. The molecule has 1 aromatic carbocycles. The van der Waals surface area contributed by atoms with E-state index >= 15 is 0 Å². The number of hydrogen-bond donors (Lipinski definition) is 2. The molecule has 18 heavy (non-hydrogen) atoms. The highest BCUT2D eigenvalue weighted by molar-refractivity contribution is 5.84. The summed E-state index contributed by atoms with van der Waals surface area (Å²) in [6.45, 7) is 0.401. The first-order valence-corrected chi connectivity index (χ1v) is 5.78. The third-order valence-electron chi connectivity index (χ3n) is 2.77. The van der Waals surface area contributed by atoms with Gasteiger partial charge in [0, 0.05) is 20.1 Å². The SMILES string of the molecule is CN(CCC(=O)O)C(=O)C(CN)c1ccccc1. The van der Waals surface area contributed by atoms with Gasteiger partial charge in [-0.1, -0.05) is 30.3 Å². The molecule has 5 nitrogen and oxygen atoms in total. The number of amides is 1. The standard InChI is InChI=1S/C13H18N2O3/c1-15(8-7-12(16)17)13(18)11(9-14)10-5-3-2-4-6-10/h2-6,11H,7-9,14H2,1H3,(H,16,17). The molecule has 1 amide bonds. The number of benzene rings is 1. The highest BCUT2D eigenvalue weighted by atomic mass is 16.4. The first-order valence-electron chi connectivity index (χ1n) is 5.78. The van der Waals surface area contributed by atoms with E-state index in [2.05, 4.69) is 0 Å². The van der Waals surface area contributed by atoms with Crippen molar-refractivity contribution in [3.8, 4) is 0 Å². The van der Waals surface area contributed by atoms with Crippen LogP contribution in [-0.4, -0.2) is 42.0 Å². The minimum atomic E-state index is -0.918. The van der Waals surface area contributed by atoms with Crippen molar-refractivity contribution in [3.05, 3.63) is 35.9 Å². The number of likely N-dealkylation sites (N-methyl/N-ethyl adjacent to an activating group) is 1. The van der Waals surface area contributed by atoms with Crippen LogP contribution >= 0.6 is 0 Å². The van der Waals surface area contributed by atoms with Crippen LogP contribution in [0.3, 0.4) is 0 Å². The fraction of sp³-hybridized carbons (Fsp3) is 0.385. The number of hydrogen-bond acceptors (Lipinski definition) is 3. The van der Waals surface area contributed by atoms with Crippen molar-refractivity contribution in [1.29, 1.82) is 0 Å². The van der Waals surface area contributed by atoms with Crippen LogP contribution in [0.2, 0.25) is 0 Å². The lowest BCUT2D eigenvalue weighted by atomic mass is 9.98. The number of carbonyl (C=O) groups is 2. The zero-order valence-corrected chi connectivity index (χ0v) is 10.4. The van der Waals surface area contributed by atoms with Crippen LogP contribution in [0.5, 0.6) is 0 Å². The van der Waals surface area contributed by atoms with E-state index in [1.54, 1.807) is 7.05 Å². The highest BCUT2D eigenvalue weighted by Gasteiger charge is 2.22. The number of nitrogens with zero attached hydrogens (tertiary/aromatic N) is 1. The largest absolute Gasteiger partial charge is 0.481 e. The van der Waals surface area contributed by atoms with Crippen molar-refractivity contribution < 1.29 is 14.7 Å². The summed E-state index contributed by atoms with van der Waals surface area (Å²) in [7, 11) is 1.59. The first kappa shape index (κ1) is 14.2. The Kier molecular flexibility index (Phi) is 5.32. The van der Waals surface area contributed by atoms with Crippen molar-refractivity contribution in [2.24, 2.45) is 5.73 Å². The topological polar surface area (TPSA) is 83.6 Å². The summed E-state index contributed by atoms with van der Waals surface area (Å²) < 4.78 is 0. The van der Waals surface area contributed by atoms with Crippen LogP contribution in [0.15, 0.2) is 30.3 Å². The molecule has 98 valence electrons. The number of rotatable bonds is 6. The summed E-state index contributed by atoms with van der Waals surface area (Å²) in [6, 6.07) is 9.27. The summed E-state index contributed by atoms with van der Waals surface area (Å²) in [5.74, 6) is -1.48. The average Bonchev–Trinajstić information content (AvgIpc) is 2.38. The van der Waals surface area contributed by atoms with Gasteiger partial charge in [0.15, 0.2) is 0 Å². The minimum absolute atomic E-state index is 0.0612. The molecular weight excluding hydrogens is 232 g/mol. The Morgan fingerprint density at radius 1 is 1.33 bits per heavy atom. The van der Waals surface area contributed by atoms with E-state index < -0.39 is 11.9 Å². The van der Waals surface area contributed by atoms with Gasteiger partial charge < -0.3 is 15.7 Å². The highest BCUT2D eigenvalue weighted by Crippen LogP contribution is 2.16. The Hall–Kier alpha value is -1.88. The second-order valence-electron chi connectivity index (χ2n) is 4.10. The molecule has 0 heterocycles. The summed E-state index contributed by atoms with van der Waals surface area (Å²) in [5.41, 5.74) is 6.49. The van der Waals surface area contributed by atoms with Crippen molar-refractivity contribution in [2.75, 3.05) is 20.1 Å². The minimum Gasteiger partial charge on any atom is -0.481 e. The molecule has 5 heteroatoms. The molecule has 0 aliphatic carbocycles. The molecule has 1 atom stereocenters. The zero-order chi connectivity index (χ0) is 13.5. The molecule has 1 aromatic rings. The second kappa shape index (κ2) is 6.76. The first-order chi connectivity index (χ1) is 8.56. The summed E-state index contributed by atoms with van der Waals surface area (Å²) >= 11 is 0. The predicted molar refractivity (Wildman–Crippen MR) is 68.1 cm³/mol. The van der Waals surface area contributed by atoms with E-state index in [1.165, 1.54) is 4.90 Å². The summed E-state index contributed by atoms with van der Waals surface area (Å²) in [4.78, 5) is 24.0. The lowest BCUT2D eigenvalue weighted by Gasteiger charge is -2.22. The number of carbonyl (C=O) groups excluding carboxylic acids is 1. The fourth-order valence-electron chi connectivity index (χ4n) is 1.70. The van der Waals surface area contributed by atoms with Gasteiger partial charge in [-0.05, 0) is 5.56 Å². The van der Waals surface area contributed by atoms with Crippen molar-refractivity contribution in [2.45, 2.75) is 12.3 Å². The maximum absolute atomic E-state index is 12.1. The average molecular weight is 250 g/mol. The molecule has 0 fully saturated rings. The Labute approximate surface area is 106 Å². The van der Waals surface area contributed by atoms with Crippen LogP contribution in [0, 0.1) is 0 Å². The van der Waals surface area contributed by atoms with Gasteiger partial charge in [0.1, 0.15) is 0 Å². The lowest BCUT2D eigenvalue weighted by molar-refractivity contribution is -0.138. The van der Waals surface area contributed by atoms with Crippen molar-refractivity contribution in [3.63, 3.8) is 0 Å². The smallest absolute Gasteiger partial charge is 0.305 e. The Bertz CT molecular complexity index is 406. The molecule has 0 aliphatic rings. The molecule has 0 radical (unpaired) electrons. The van der Waals surface area contributed by atoms with E-state index in [9.17, 15) is 9.59 Å². The Morgan fingerprint density at radius 3 is 2.44 bits per heavy atom. The molecule has 0 bridgehead atoms. The Morgan fingerprint density at radius 2 is 1.94 bits per heavy atom. The molecule has 0 saturated heterocycles. The van der Waals surface area contributed by atoms with Gasteiger partial charge in [-0.3, -0.25) is 9.59 Å². The Balaban J connectivity index is 2.71. The maximum atomic E-state index is 12.1. The van der Waals surface area contributed by atoms with Crippen molar-refractivity contribution in [1.82, 2.24) is 4.90 Å². The lowest BCUT2D eigenvalue weighted by Crippen LogP contribution is -2.36. The van der Waals surface area contributed by atoms with Crippen LogP contribution in [0.1, 0.15) is 17.9 Å². The molecule has 1 rings (SSSR count). The van der Waals surface area contributed by atoms with E-state index in [0.717, 1.165) is 5.56 Å². The summed E-state index contributed by atoms with van der Waals surface area (Å²) in [6.07, 6.45) is -0.0612. The van der Waals surface area contributed by atoms with Crippen molar-refractivity contribution >= 4 is 11.9 Å². The fourth-order valence-corrected chi connectivity index (χ4v) is 1.70. The monoisotopic (exact) mass is 250 g/mol. The number of carboxylic acids is 1. The number of nitrogens with two attached hydrogens (primary N) is 1. The molecule has 1 unspecified atom stereocenters. The van der Waals surface area contributed by atoms with Gasteiger partial charge in [-0.2, -0.15) is 0 Å².